The van der Waals surface area contributed by atoms with Gasteiger partial charge in [0.15, 0.2) is 0 Å². The first-order valence-electron chi connectivity index (χ1n) is 4.38. The van der Waals surface area contributed by atoms with Crippen molar-refractivity contribution in [2.24, 2.45) is 5.92 Å². The first-order chi connectivity index (χ1) is 4.72. The molecule has 1 nitrogen and oxygen atoms in total. The third-order valence-corrected chi connectivity index (χ3v) is 2.73. The van der Waals surface area contributed by atoms with Crippen molar-refractivity contribution in [1.82, 2.24) is 4.90 Å². The van der Waals surface area contributed by atoms with Crippen LogP contribution >= 0.6 is 0 Å². The minimum Gasteiger partial charge on any atom is -0.306 e. The van der Waals surface area contributed by atoms with Crippen LogP contribution in [0.25, 0.3) is 0 Å². The van der Waals surface area contributed by atoms with Gasteiger partial charge in [0.05, 0.1) is 0 Å². The number of rotatable bonds is 1. The summed E-state index contributed by atoms with van der Waals surface area (Å²) in [6.07, 6.45) is 5.73. The Morgan fingerprint density at radius 1 is 1.10 bits per heavy atom. The van der Waals surface area contributed by atoms with Crippen LogP contribution in [0.4, 0.5) is 0 Å². The molecule has 0 spiro atoms. The van der Waals surface area contributed by atoms with Crippen molar-refractivity contribution in [3.8, 4) is 0 Å². The van der Waals surface area contributed by atoms with Crippen molar-refractivity contribution >= 4 is 0 Å². The molecule has 2 atom stereocenters. The fourth-order valence-corrected chi connectivity index (χ4v) is 2.06. The molecule has 0 saturated heterocycles. The minimum atomic E-state index is 0.855. The zero-order valence-electron chi connectivity index (χ0n) is 7.43. The van der Waals surface area contributed by atoms with E-state index in [1.807, 2.05) is 0 Å². The van der Waals surface area contributed by atoms with E-state index in [0.29, 0.717) is 0 Å². The SMILES string of the molecule is C[C@H]1CCCC[C@@H]1N(C)C. The van der Waals surface area contributed by atoms with E-state index in [9.17, 15) is 0 Å². The second kappa shape index (κ2) is 3.38. The molecule has 0 amide bonds. The maximum absolute atomic E-state index is 2.38. The lowest BCUT2D eigenvalue weighted by Gasteiger charge is -2.33. The van der Waals surface area contributed by atoms with Gasteiger partial charge in [-0.1, -0.05) is 19.8 Å². The molecule has 0 unspecified atom stereocenters. The van der Waals surface area contributed by atoms with Crippen LogP contribution in [-0.4, -0.2) is 25.0 Å². The van der Waals surface area contributed by atoms with Gasteiger partial charge in [-0.25, -0.2) is 0 Å². The van der Waals surface area contributed by atoms with E-state index in [1.165, 1.54) is 25.7 Å². The maximum atomic E-state index is 2.38. The molecular weight excluding hydrogens is 122 g/mol. The normalized spacial score (nSPS) is 34.8. The zero-order valence-corrected chi connectivity index (χ0v) is 7.43. The van der Waals surface area contributed by atoms with Crippen molar-refractivity contribution in [2.75, 3.05) is 14.1 Å². The highest BCUT2D eigenvalue weighted by Crippen LogP contribution is 2.26. The Kier molecular flexibility index (Phi) is 2.72. The number of hydrogen-bond acceptors (Lipinski definition) is 1. The largest absolute Gasteiger partial charge is 0.306 e. The fraction of sp³-hybridized carbons (Fsp3) is 1.00. The van der Waals surface area contributed by atoms with E-state index in [0.717, 1.165) is 12.0 Å². The smallest absolute Gasteiger partial charge is 0.0115 e. The summed E-state index contributed by atoms with van der Waals surface area (Å²) in [6, 6.07) is 0.855. The third-order valence-electron chi connectivity index (χ3n) is 2.73. The van der Waals surface area contributed by atoms with E-state index in [2.05, 4.69) is 25.9 Å². The Balaban J connectivity index is 2.40. The van der Waals surface area contributed by atoms with Gasteiger partial charge in [0.25, 0.3) is 0 Å². The summed E-state index contributed by atoms with van der Waals surface area (Å²) in [5.74, 6) is 0.920. The van der Waals surface area contributed by atoms with Crippen LogP contribution in [0, 0.1) is 5.92 Å². The van der Waals surface area contributed by atoms with Crippen molar-refractivity contribution in [1.29, 1.82) is 0 Å². The molecule has 1 aliphatic carbocycles. The van der Waals surface area contributed by atoms with Crippen LogP contribution in [-0.2, 0) is 0 Å². The third kappa shape index (κ3) is 1.72. The molecule has 10 heavy (non-hydrogen) atoms. The van der Waals surface area contributed by atoms with Crippen molar-refractivity contribution < 1.29 is 0 Å². The average Bonchev–Trinajstić information content (AvgIpc) is 1.88. The average molecular weight is 141 g/mol. The van der Waals surface area contributed by atoms with Gasteiger partial charge >= 0.3 is 0 Å². The molecule has 0 N–H and O–H groups in total. The number of hydrogen-bond donors (Lipinski definition) is 0. The van der Waals surface area contributed by atoms with E-state index in [4.69, 9.17) is 0 Å². The Hall–Kier alpha value is -0.0400. The molecule has 0 aromatic heterocycles. The van der Waals surface area contributed by atoms with Crippen molar-refractivity contribution in [3.05, 3.63) is 0 Å². The molecule has 1 saturated carbocycles. The van der Waals surface area contributed by atoms with Crippen molar-refractivity contribution in [3.63, 3.8) is 0 Å². The highest BCUT2D eigenvalue weighted by Gasteiger charge is 2.22. The highest BCUT2D eigenvalue weighted by atomic mass is 15.1. The summed E-state index contributed by atoms with van der Waals surface area (Å²) in [5, 5.41) is 0. The lowest BCUT2D eigenvalue weighted by Crippen LogP contribution is -2.36. The van der Waals surface area contributed by atoms with E-state index >= 15 is 0 Å². The standard InChI is InChI=1S/C9H19N/c1-8-6-4-5-7-9(8)10(2)3/h8-9H,4-7H2,1-3H3/t8-,9-/m0/s1. The van der Waals surface area contributed by atoms with Crippen LogP contribution in [0.5, 0.6) is 0 Å². The summed E-state index contributed by atoms with van der Waals surface area (Å²) in [5.41, 5.74) is 0. The topological polar surface area (TPSA) is 3.24 Å². The number of nitrogens with zero attached hydrogens (tertiary/aromatic N) is 1. The monoisotopic (exact) mass is 141 g/mol. The zero-order chi connectivity index (χ0) is 7.56. The Labute approximate surface area is 64.4 Å². The fourth-order valence-electron chi connectivity index (χ4n) is 2.06. The van der Waals surface area contributed by atoms with E-state index < -0.39 is 0 Å². The molecular formula is C9H19N. The maximum Gasteiger partial charge on any atom is 0.0115 e. The summed E-state index contributed by atoms with van der Waals surface area (Å²) >= 11 is 0. The molecule has 0 aliphatic heterocycles. The first-order valence-corrected chi connectivity index (χ1v) is 4.38. The summed E-state index contributed by atoms with van der Waals surface area (Å²) in [7, 11) is 4.40. The lowest BCUT2D eigenvalue weighted by molar-refractivity contribution is 0.167. The van der Waals surface area contributed by atoms with E-state index in [-0.39, 0.29) is 0 Å². The molecule has 0 aromatic carbocycles. The van der Waals surface area contributed by atoms with Crippen molar-refractivity contribution in [2.45, 2.75) is 38.6 Å². The Morgan fingerprint density at radius 2 is 1.70 bits per heavy atom. The minimum absolute atomic E-state index is 0.855. The predicted octanol–water partition coefficient (Wildman–Crippen LogP) is 2.13. The molecule has 60 valence electrons. The molecule has 0 bridgehead atoms. The van der Waals surface area contributed by atoms with Crippen LogP contribution in [0.3, 0.4) is 0 Å². The summed E-state index contributed by atoms with van der Waals surface area (Å²) in [4.78, 5) is 2.38. The first kappa shape index (κ1) is 8.06. The second-order valence-corrected chi connectivity index (χ2v) is 3.79. The van der Waals surface area contributed by atoms with Gasteiger partial charge in [-0.3, -0.25) is 0 Å². The highest BCUT2D eigenvalue weighted by molar-refractivity contribution is 4.77. The van der Waals surface area contributed by atoms with Gasteiger partial charge in [-0.2, -0.15) is 0 Å². The Bertz CT molecular complexity index is 98.9. The summed E-state index contributed by atoms with van der Waals surface area (Å²) < 4.78 is 0. The van der Waals surface area contributed by atoms with Gasteiger partial charge in [0.2, 0.25) is 0 Å². The molecule has 0 radical (unpaired) electrons. The molecule has 0 heterocycles. The van der Waals surface area contributed by atoms with Gasteiger partial charge in [0.1, 0.15) is 0 Å². The molecule has 1 aliphatic rings. The molecule has 1 heteroatoms. The van der Waals surface area contributed by atoms with Crippen LogP contribution in [0.2, 0.25) is 0 Å². The van der Waals surface area contributed by atoms with Gasteiger partial charge in [0, 0.05) is 6.04 Å². The van der Waals surface area contributed by atoms with Gasteiger partial charge in [-0.15, -0.1) is 0 Å². The quantitative estimate of drug-likeness (QED) is 0.540. The Morgan fingerprint density at radius 3 is 2.10 bits per heavy atom. The molecule has 1 fully saturated rings. The van der Waals surface area contributed by atoms with Gasteiger partial charge < -0.3 is 4.90 Å². The molecule has 1 rings (SSSR count). The molecule has 0 aromatic rings. The summed E-state index contributed by atoms with van der Waals surface area (Å²) in [6.45, 7) is 2.38. The van der Waals surface area contributed by atoms with Crippen LogP contribution < -0.4 is 0 Å². The van der Waals surface area contributed by atoms with Gasteiger partial charge in [-0.05, 0) is 32.9 Å². The predicted molar refractivity (Wildman–Crippen MR) is 45.1 cm³/mol. The van der Waals surface area contributed by atoms with Crippen LogP contribution in [0.1, 0.15) is 32.6 Å². The van der Waals surface area contributed by atoms with E-state index in [1.54, 1.807) is 0 Å². The van der Waals surface area contributed by atoms with Crippen LogP contribution in [0.15, 0.2) is 0 Å². The second-order valence-electron chi connectivity index (χ2n) is 3.79. The lowest BCUT2D eigenvalue weighted by atomic mass is 9.85.